The summed E-state index contributed by atoms with van der Waals surface area (Å²) < 4.78 is 6.83. The normalized spacial score (nSPS) is 11.8. The van der Waals surface area contributed by atoms with Gasteiger partial charge in [-0.2, -0.15) is 0 Å². The fourth-order valence-corrected chi connectivity index (χ4v) is 2.27. The van der Waals surface area contributed by atoms with Gasteiger partial charge in [0.25, 0.3) is 5.56 Å². The van der Waals surface area contributed by atoms with Crippen LogP contribution in [0.3, 0.4) is 0 Å². The third-order valence-corrected chi connectivity index (χ3v) is 3.11. The maximum Gasteiger partial charge on any atom is 0.274 e. The van der Waals surface area contributed by atoms with Gasteiger partial charge in [-0.3, -0.25) is 4.79 Å². The second-order valence-corrected chi connectivity index (χ2v) is 5.42. The molecule has 0 amide bonds. The van der Waals surface area contributed by atoms with Crippen LogP contribution in [0.1, 0.15) is 13.8 Å². The van der Waals surface area contributed by atoms with E-state index in [4.69, 9.17) is 4.74 Å². The molecule has 19 heavy (non-hydrogen) atoms. The molecular formula is C15H20N2O2. The number of nitrogens with zero attached hydrogens (tertiary/aromatic N) is 1. The Balaban J connectivity index is 2.50. The molecule has 0 aliphatic carbocycles. The summed E-state index contributed by atoms with van der Waals surface area (Å²) in [7, 11) is 3.45. The van der Waals surface area contributed by atoms with Crippen molar-refractivity contribution in [2.45, 2.75) is 19.4 Å². The molecular weight excluding hydrogens is 240 g/mol. The minimum atomic E-state index is -0.288. The minimum absolute atomic E-state index is 0.0251. The molecule has 0 saturated heterocycles. The second kappa shape index (κ2) is 5.05. The third kappa shape index (κ3) is 2.79. The molecule has 0 aliphatic rings. The predicted octanol–water partition coefficient (Wildman–Crippen LogP) is 2.38. The van der Waals surface area contributed by atoms with E-state index in [1.807, 2.05) is 44.2 Å². The SMILES string of the molecule is COCC(C)(C)Nc1cc2ccccc2n(C)c1=O. The van der Waals surface area contributed by atoms with Crippen molar-refractivity contribution in [1.82, 2.24) is 4.57 Å². The van der Waals surface area contributed by atoms with Gasteiger partial charge in [0.2, 0.25) is 0 Å². The van der Waals surface area contributed by atoms with Crippen molar-refractivity contribution in [3.8, 4) is 0 Å². The number of methoxy groups -OCH3 is 1. The highest BCUT2D eigenvalue weighted by Gasteiger charge is 2.19. The van der Waals surface area contributed by atoms with Gasteiger partial charge in [-0.1, -0.05) is 18.2 Å². The molecule has 2 aromatic rings. The number of nitrogens with one attached hydrogen (secondary N) is 1. The number of para-hydroxylation sites is 1. The number of rotatable bonds is 4. The highest BCUT2D eigenvalue weighted by atomic mass is 16.5. The molecule has 4 heteroatoms. The number of aromatic nitrogens is 1. The number of aryl methyl sites for hydroxylation is 1. The van der Waals surface area contributed by atoms with Crippen LogP contribution in [0.15, 0.2) is 35.1 Å². The summed E-state index contributed by atoms with van der Waals surface area (Å²) in [6.07, 6.45) is 0. The molecule has 0 unspecified atom stereocenters. The van der Waals surface area contributed by atoms with E-state index in [1.54, 1.807) is 18.7 Å². The van der Waals surface area contributed by atoms with Crippen LogP contribution in [0.2, 0.25) is 0 Å². The molecule has 0 aliphatic heterocycles. The topological polar surface area (TPSA) is 43.3 Å². The van der Waals surface area contributed by atoms with Gasteiger partial charge in [0.05, 0.1) is 17.7 Å². The first kappa shape index (κ1) is 13.6. The first-order valence-corrected chi connectivity index (χ1v) is 6.30. The van der Waals surface area contributed by atoms with E-state index in [0.29, 0.717) is 12.3 Å². The quantitative estimate of drug-likeness (QED) is 0.917. The lowest BCUT2D eigenvalue weighted by atomic mass is 10.1. The van der Waals surface area contributed by atoms with Gasteiger partial charge in [0.1, 0.15) is 5.69 Å². The number of hydrogen-bond acceptors (Lipinski definition) is 3. The fourth-order valence-electron chi connectivity index (χ4n) is 2.27. The summed E-state index contributed by atoms with van der Waals surface area (Å²) in [5.74, 6) is 0. The van der Waals surface area contributed by atoms with Crippen LogP contribution < -0.4 is 10.9 Å². The Morgan fingerprint density at radius 1 is 1.32 bits per heavy atom. The summed E-state index contributed by atoms with van der Waals surface area (Å²) in [5.41, 5.74) is 1.22. The summed E-state index contributed by atoms with van der Waals surface area (Å²) >= 11 is 0. The summed E-state index contributed by atoms with van der Waals surface area (Å²) in [5, 5.41) is 4.30. The third-order valence-electron chi connectivity index (χ3n) is 3.11. The molecule has 1 aromatic heterocycles. The molecule has 0 bridgehead atoms. The van der Waals surface area contributed by atoms with Gasteiger partial charge in [0.15, 0.2) is 0 Å². The van der Waals surface area contributed by atoms with Crippen molar-refractivity contribution in [2.75, 3.05) is 19.0 Å². The van der Waals surface area contributed by atoms with Crippen molar-refractivity contribution in [2.24, 2.45) is 7.05 Å². The Bertz CT molecular complexity index is 644. The predicted molar refractivity (Wildman–Crippen MR) is 78.8 cm³/mol. The van der Waals surface area contributed by atoms with Crippen molar-refractivity contribution in [1.29, 1.82) is 0 Å². The van der Waals surface area contributed by atoms with E-state index in [0.717, 1.165) is 10.9 Å². The summed E-state index contributed by atoms with van der Waals surface area (Å²) in [6, 6.07) is 9.75. The lowest BCUT2D eigenvalue weighted by molar-refractivity contribution is 0.158. The summed E-state index contributed by atoms with van der Waals surface area (Å²) in [4.78, 5) is 12.3. The zero-order chi connectivity index (χ0) is 14.0. The fraction of sp³-hybridized carbons (Fsp3) is 0.400. The van der Waals surface area contributed by atoms with Crippen LogP contribution in [0.4, 0.5) is 5.69 Å². The highest BCUT2D eigenvalue weighted by molar-refractivity contribution is 5.82. The van der Waals surface area contributed by atoms with E-state index in [1.165, 1.54) is 0 Å². The zero-order valence-corrected chi connectivity index (χ0v) is 11.9. The van der Waals surface area contributed by atoms with Crippen LogP contribution in [-0.2, 0) is 11.8 Å². The molecule has 0 spiro atoms. The number of anilines is 1. The Kier molecular flexibility index (Phi) is 3.62. The first-order chi connectivity index (χ1) is 8.94. The van der Waals surface area contributed by atoms with Crippen LogP contribution in [0, 0.1) is 0 Å². The summed E-state index contributed by atoms with van der Waals surface area (Å²) in [6.45, 7) is 4.54. The molecule has 2 rings (SSSR count). The van der Waals surface area contributed by atoms with Crippen molar-refractivity contribution < 1.29 is 4.74 Å². The Morgan fingerprint density at radius 3 is 2.68 bits per heavy atom. The van der Waals surface area contributed by atoms with Crippen LogP contribution in [0.5, 0.6) is 0 Å². The maximum absolute atomic E-state index is 12.3. The van der Waals surface area contributed by atoms with Gasteiger partial charge in [0, 0.05) is 19.5 Å². The van der Waals surface area contributed by atoms with E-state index in [9.17, 15) is 4.79 Å². The Hall–Kier alpha value is -1.81. The molecule has 0 atom stereocenters. The standard InChI is InChI=1S/C15H20N2O2/c1-15(2,10-19-4)16-12-9-11-7-5-6-8-13(11)17(3)14(12)18/h5-9,16H,10H2,1-4H3. The van der Waals surface area contributed by atoms with E-state index < -0.39 is 0 Å². The maximum atomic E-state index is 12.3. The minimum Gasteiger partial charge on any atom is -0.382 e. The second-order valence-electron chi connectivity index (χ2n) is 5.42. The number of fused-ring (bicyclic) bond motifs is 1. The lowest BCUT2D eigenvalue weighted by Gasteiger charge is -2.26. The molecule has 0 fully saturated rings. The van der Waals surface area contributed by atoms with Crippen LogP contribution >= 0.6 is 0 Å². The first-order valence-electron chi connectivity index (χ1n) is 6.30. The van der Waals surface area contributed by atoms with Gasteiger partial charge in [-0.15, -0.1) is 0 Å². The number of hydrogen-bond donors (Lipinski definition) is 1. The Morgan fingerprint density at radius 2 is 2.00 bits per heavy atom. The highest BCUT2D eigenvalue weighted by Crippen LogP contribution is 2.18. The van der Waals surface area contributed by atoms with Crippen molar-refractivity contribution in [3.05, 3.63) is 40.7 Å². The average Bonchev–Trinajstić information content (AvgIpc) is 2.35. The van der Waals surface area contributed by atoms with E-state index in [2.05, 4.69) is 5.32 Å². The lowest BCUT2D eigenvalue weighted by Crippen LogP contribution is -2.38. The molecule has 102 valence electrons. The van der Waals surface area contributed by atoms with Crippen molar-refractivity contribution in [3.63, 3.8) is 0 Å². The van der Waals surface area contributed by atoms with Crippen LogP contribution in [-0.4, -0.2) is 23.8 Å². The zero-order valence-electron chi connectivity index (χ0n) is 11.9. The average molecular weight is 260 g/mol. The smallest absolute Gasteiger partial charge is 0.274 e. The van der Waals surface area contributed by atoms with E-state index >= 15 is 0 Å². The van der Waals surface area contributed by atoms with E-state index in [-0.39, 0.29) is 11.1 Å². The molecule has 0 saturated carbocycles. The Labute approximate surface area is 113 Å². The van der Waals surface area contributed by atoms with Gasteiger partial charge < -0.3 is 14.6 Å². The molecule has 0 radical (unpaired) electrons. The molecule has 1 N–H and O–H groups in total. The monoisotopic (exact) mass is 260 g/mol. The molecule has 1 aromatic carbocycles. The van der Waals surface area contributed by atoms with Gasteiger partial charge in [-0.25, -0.2) is 0 Å². The van der Waals surface area contributed by atoms with Gasteiger partial charge in [-0.05, 0) is 26.0 Å². The number of ether oxygens (including phenoxy) is 1. The largest absolute Gasteiger partial charge is 0.382 e. The molecule has 4 nitrogen and oxygen atoms in total. The van der Waals surface area contributed by atoms with Crippen molar-refractivity contribution >= 4 is 16.6 Å². The number of benzene rings is 1. The van der Waals surface area contributed by atoms with Crippen LogP contribution in [0.25, 0.3) is 10.9 Å². The molecule has 1 heterocycles. The number of pyridine rings is 1. The van der Waals surface area contributed by atoms with Gasteiger partial charge >= 0.3 is 0 Å².